The van der Waals surface area contributed by atoms with E-state index in [-0.39, 0.29) is 12.5 Å². The Hall–Kier alpha value is -2.21. The number of aliphatic hydroxyl groups is 2. The number of hydrogen-bond acceptors (Lipinski definition) is 4. The summed E-state index contributed by atoms with van der Waals surface area (Å²) in [6, 6.07) is 16.3. The molecule has 2 heterocycles. The maximum atomic E-state index is 13.3. The van der Waals surface area contributed by atoms with Crippen LogP contribution in [-0.2, 0) is 11.2 Å². The summed E-state index contributed by atoms with van der Waals surface area (Å²) in [6.07, 6.45) is 1.59. The van der Waals surface area contributed by atoms with Gasteiger partial charge in [0.05, 0.1) is 17.8 Å². The zero-order valence-corrected chi connectivity index (χ0v) is 17.8. The van der Waals surface area contributed by atoms with E-state index < -0.39 is 17.3 Å². The average Bonchev–Trinajstić information content (AvgIpc) is 2.73. The molecule has 0 aromatic heterocycles. The van der Waals surface area contributed by atoms with Gasteiger partial charge in [0.15, 0.2) is 0 Å². The second-order valence-corrected chi connectivity index (χ2v) is 9.16. The van der Waals surface area contributed by atoms with Gasteiger partial charge in [-0.05, 0) is 50.3 Å². The zero-order valence-electron chi connectivity index (χ0n) is 17.8. The standard InChI is InChI=1S/C25H31NO4/c1-18-7-9-19(10-8-18)15-20-5-3-4-6-21(20)23(28)26-13-11-25(12-14-26)17-24(2,29)22(27)16-30-25/h3-10,22,27,29H,11-17H2,1-2H3/t22-,24-/m0/s1. The molecule has 1 spiro atoms. The van der Waals surface area contributed by atoms with Gasteiger partial charge in [-0.25, -0.2) is 0 Å². The highest BCUT2D eigenvalue weighted by atomic mass is 16.5. The smallest absolute Gasteiger partial charge is 0.254 e. The lowest BCUT2D eigenvalue weighted by Gasteiger charge is -2.49. The fourth-order valence-electron chi connectivity index (χ4n) is 4.67. The zero-order chi connectivity index (χ0) is 21.4. The molecule has 5 nitrogen and oxygen atoms in total. The van der Waals surface area contributed by atoms with Gasteiger partial charge in [0, 0.05) is 25.1 Å². The van der Waals surface area contributed by atoms with Gasteiger partial charge in [0.25, 0.3) is 5.91 Å². The van der Waals surface area contributed by atoms with E-state index in [1.54, 1.807) is 6.92 Å². The first-order chi connectivity index (χ1) is 14.3. The van der Waals surface area contributed by atoms with Gasteiger partial charge in [0.2, 0.25) is 0 Å². The Bertz CT molecular complexity index is 898. The predicted molar refractivity (Wildman–Crippen MR) is 115 cm³/mol. The average molecular weight is 410 g/mol. The number of aliphatic hydroxyl groups excluding tert-OH is 1. The van der Waals surface area contributed by atoms with Crippen molar-refractivity contribution in [3.63, 3.8) is 0 Å². The van der Waals surface area contributed by atoms with Crippen LogP contribution < -0.4 is 0 Å². The molecular formula is C25H31NO4. The van der Waals surface area contributed by atoms with Crippen LogP contribution >= 0.6 is 0 Å². The van der Waals surface area contributed by atoms with E-state index in [0.29, 0.717) is 32.4 Å². The Kier molecular flexibility index (Phi) is 5.71. The Morgan fingerprint density at radius 3 is 2.47 bits per heavy atom. The molecule has 1 amide bonds. The molecule has 4 rings (SSSR count). The highest BCUT2D eigenvalue weighted by Gasteiger charge is 2.49. The molecule has 0 radical (unpaired) electrons. The van der Waals surface area contributed by atoms with Crippen molar-refractivity contribution in [3.05, 3.63) is 70.8 Å². The Labute approximate surface area is 178 Å². The second-order valence-electron chi connectivity index (χ2n) is 9.16. The van der Waals surface area contributed by atoms with Crippen LogP contribution in [0.1, 0.15) is 53.2 Å². The lowest BCUT2D eigenvalue weighted by Crippen LogP contribution is -2.59. The van der Waals surface area contributed by atoms with Crippen molar-refractivity contribution >= 4 is 5.91 Å². The van der Waals surface area contributed by atoms with Crippen molar-refractivity contribution in [1.82, 2.24) is 4.90 Å². The fourth-order valence-corrected chi connectivity index (χ4v) is 4.67. The van der Waals surface area contributed by atoms with Gasteiger partial charge in [-0.15, -0.1) is 0 Å². The minimum atomic E-state index is -1.15. The Balaban J connectivity index is 1.45. The molecule has 0 saturated carbocycles. The number of rotatable bonds is 3. The summed E-state index contributed by atoms with van der Waals surface area (Å²) in [6.45, 7) is 5.05. The van der Waals surface area contributed by atoms with Gasteiger partial charge in [-0.3, -0.25) is 4.79 Å². The number of hydrogen-bond donors (Lipinski definition) is 2. The molecule has 0 unspecified atom stereocenters. The summed E-state index contributed by atoms with van der Waals surface area (Å²) in [4.78, 5) is 15.2. The van der Waals surface area contributed by atoms with Crippen molar-refractivity contribution < 1.29 is 19.7 Å². The molecular weight excluding hydrogens is 378 g/mol. The molecule has 0 bridgehead atoms. The number of amides is 1. The largest absolute Gasteiger partial charge is 0.388 e. The normalized spacial score (nSPS) is 26.0. The van der Waals surface area contributed by atoms with Crippen LogP contribution in [0.4, 0.5) is 0 Å². The minimum Gasteiger partial charge on any atom is -0.388 e. The van der Waals surface area contributed by atoms with Crippen molar-refractivity contribution in [2.75, 3.05) is 19.7 Å². The van der Waals surface area contributed by atoms with Gasteiger partial charge in [-0.1, -0.05) is 48.0 Å². The van der Waals surface area contributed by atoms with Crippen LogP contribution in [0.2, 0.25) is 0 Å². The molecule has 2 aliphatic rings. The molecule has 2 aromatic carbocycles. The molecule has 2 N–H and O–H groups in total. The molecule has 0 aliphatic carbocycles. The first kappa shape index (κ1) is 21.0. The summed E-state index contributed by atoms with van der Waals surface area (Å²) >= 11 is 0. The first-order valence-corrected chi connectivity index (χ1v) is 10.8. The van der Waals surface area contributed by atoms with Crippen LogP contribution in [0.15, 0.2) is 48.5 Å². The van der Waals surface area contributed by atoms with E-state index in [0.717, 1.165) is 17.5 Å². The number of aryl methyl sites for hydroxylation is 1. The number of piperidine rings is 1. The summed E-state index contributed by atoms with van der Waals surface area (Å²) < 4.78 is 5.95. The van der Waals surface area contributed by atoms with Crippen molar-refractivity contribution in [1.29, 1.82) is 0 Å². The number of nitrogens with zero attached hydrogens (tertiary/aromatic N) is 1. The van der Waals surface area contributed by atoms with Crippen molar-refractivity contribution in [3.8, 4) is 0 Å². The molecule has 2 fully saturated rings. The van der Waals surface area contributed by atoms with Gasteiger partial charge in [0.1, 0.15) is 6.10 Å². The molecule has 5 heteroatoms. The molecule has 2 saturated heterocycles. The van der Waals surface area contributed by atoms with E-state index in [9.17, 15) is 15.0 Å². The van der Waals surface area contributed by atoms with Gasteiger partial charge < -0.3 is 19.8 Å². The third kappa shape index (κ3) is 4.29. The maximum absolute atomic E-state index is 13.3. The lowest BCUT2D eigenvalue weighted by atomic mass is 9.76. The minimum absolute atomic E-state index is 0.0511. The van der Waals surface area contributed by atoms with Crippen LogP contribution in [0.3, 0.4) is 0 Å². The summed E-state index contributed by atoms with van der Waals surface area (Å²) in [5, 5.41) is 20.5. The number of carbonyl (C=O) groups excluding carboxylic acids is 1. The topological polar surface area (TPSA) is 70.0 Å². The lowest BCUT2D eigenvalue weighted by molar-refractivity contribution is -0.221. The number of likely N-dealkylation sites (tertiary alicyclic amines) is 1. The molecule has 30 heavy (non-hydrogen) atoms. The van der Waals surface area contributed by atoms with E-state index in [1.807, 2.05) is 29.2 Å². The van der Waals surface area contributed by atoms with E-state index in [4.69, 9.17) is 4.74 Å². The fraction of sp³-hybridized carbons (Fsp3) is 0.480. The number of ether oxygens (including phenoxy) is 1. The monoisotopic (exact) mass is 409 g/mol. The van der Waals surface area contributed by atoms with E-state index in [2.05, 4.69) is 31.2 Å². The third-order valence-electron chi connectivity index (χ3n) is 6.67. The van der Waals surface area contributed by atoms with Gasteiger partial charge in [-0.2, -0.15) is 0 Å². The highest BCUT2D eigenvalue weighted by Crippen LogP contribution is 2.39. The summed E-state index contributed by atoms with van der Waals surface area (Å²) in [7, 11) is 0. The molecule has 2 aromatic rings. The Morgan fingerprint density at radius 2 is 1.80 bits per heavy atom. The quantitative estimate of drug-likeness (QED) is 0.817. The summed E-state index contributed by atoms with van der Waals surface area (Å²) in [5.41, 5.74) is 2.59. The molecule has 2 atom stereocenters. The van der Waals surface area contributed by atoms with Crippen LogP contribution in [-0.4, -0.2) is 58.0 Å². The van der Waals surface area contributed by atoms with Crippen LogP contribution in [0.5, 0.6) is 0 Å². The van der Waals surface area contributed by atoms with Crippen molar-refractivity contribution in [2.24, 2.45) is 0 Å². The van der Waals surface area contributed by atoms with Crippen LogP contribution in [0, 0.1) is 6.92 Å². The molecule has 160 valence electrons. The SMILES string of the molecule is Cc1ccc(Cc2ccccc2C(=O)N2CCC3(CC2)C[C@](C)(O)[C@@H](O)CO3)cc1. The number of benzene rings is 2. The van der Waals surface area contributed by atoms with E-state index in [1.165, 1.54) is 11.1 Å². The molecule has 2 aliphatic heterocycles. The second kappa shape index (κ2) is 8.14. The van der Waals surface area contributed by atoms with Crippen molar-refractivity contribution in [2.45, 2.75) is 56.8 Å². The highest BCUT2D eigenvalue weighted by molar-refractivity contribution is 5.95. The van der Waals surface area contributed by atoms with Gasteiger partial charge >= 0.3 is 0 Å². The Morgan fingerprint density at radius 1 is 1.13 bits per heavy atom. The summed E-state index contributed by atoms with van der Waals surface area (Å²) in [5.74, 6) is 0.0511. The third-order valence-corrected chi connectivity index (χ3v) is 6.67. The predicted octanol–water partition coefficient (Wildman–Crippen LogP) is 3.09. The number of carbonyl (C=O) groups is 1. The first-order valence-electron chi connectivity index (χ1n) is 10.8. The van der Waals surface area contributed by atoms with E-state index >= 15 is 0 Å². The van der Waals surface area contributed by atoms with Crippen LogP contribution in [0.25, 0.3) is 0 Å². The maximum Gasteiger partial charge on any atom is 0.254 e.